The summed E-state index contributed by atoms with van der Waals surface area (Å²) in [5.41, 5.74) is 0. The van der Waals surface area contributed by atoms with E-state index in [-0.39, 0.29) is 5.88 Å². The summed E-state index contributed by atoms with van der Waals surface area (Å²) in [6.45, 7) is 4.90. The third-order valence-electron chi connectivity index (χ3n) is 2.61. The first-order valence-electron chi connectivity index (χ1n) is 5.62. The lowest BCUT2D eigenvalue weighted by Crippen LogP contribution is -2.31. The molecule has 0 fully saturated rings. The van der Waals surface area contributed by atoms with Gasteiger partial charge in [-0.25, -0.2) is 0 Å². The van der Waals surface area contributed by atoms with Crippen LogP contribution in [0.1, 0.15) is 19.6 Å². The van der Waals surface area contributed by atoms with Gasteiger partial charge >= 0.3 is 11.9 Å². The van der Waals surface area contributed by atoms with Crippen LogP contribution in [0.2, 0.25) is 0 Å². The number of furan rings is 1. The zero-order valence-electron chi connectivity index (χ0n) is 10.3. The summed E-state index contributed by atoms with van der Waals surface area (Å²) in [7, 11) is 0. The van der Waals surface area contributed by atoms with Crippen molar-refractivity contribution >= 4 is 11.9 Å². The Labute approximate surface area is 104 Å². The number of carbonyl (C=O) groups is 1. The number of nitro groups is 1. The van der Waals surface area contributed by atoms with Crippen molar-refractivity contribution in [1.82, 2.24) is 4.90 Å². The van der Waals surface area contributed by atoms with Crippen molar-refractivity contribution in [2.75, 3.05) is 13.1 Å². The lowest BCUT2D eigenvalue weighted by atomic mass is 10.1. The van der Waals surface area contributed by atoms with Gasteiger partial charge in [-0.05, 0) is 12.6 Å². The van der Waals surface area contributed by atoms with E-state index in [0.717, 1.165) is 0 Å². The summed E-state index contributed by atoms with van der Waals surface area (Å²) in [6, 6.07) is 2.83. The van der Waals surface area contributed by atoms with Crippen molar-refractivity contribution in [3.8, 4) is 0 Å². The Balaban J connectivity index is 2.61. The van der Waals surface area contributed by atoms with Gasteiger partial charge < -0.3 is 9.52 Å². The minimum Gasteiger partial charge on any atom is -0.481 e. The summed E-state index contributed by atoms with van der Waals surface area (Å²) in [5.74, 6) is -1.19. The Morgan fingerprint density at radius 1 is 1.61 bits per heavy atom. The largest absolute Gasteiger partial charge is 0.481 e. The molecule has 1 heterocycles. The molecule has 0 radical (unpaired) electrons. The molecular formula is C11H16N2O5. The lowest BCUT2D eigenvalue weighted by molar-refractivity contribution is -0.402. The molecule has 0 aromatic carbocycles. The van der Waals surface area contributed by atoms with Gasteiger partial charge in [0.1, 0.15) is 10.7 Å². The predicted octanol–water partition coefficient (Wildman–Crippen LogP) is 1.73. The van der Waals surface area contributed by atoms with E-state index in [1.165, 1.54) is 12.1 Å². The molecule has 1 atom stereocenters. The molecule has 1 N–H and O–H groups in total. The standard InChI is InChI=1S/C11H16N2O5/c1-3-12(6-8(2)11(14)15)7-9-4-5-10(18-9)13(16)17/h4-5,8H,3,6-7H2,1-2H3,(H,14,15). The van der Waals surface area contributed by atoms with E-state index in [2.05, 4.69) is 0 Å². The highest BCUT2D eigenvalue weighted by Gasteiger charge is 2.18. The van der Waals surface area contributed by atoms with Crippen LogP contribution in [0.25, 0.3) is 0 Å². The molecule has 0 spiro atoms. The third-order valence-corrected chi connectivity index (χ3v) is 2.61. The van der Waals surface area contributed by atoms with Crippen LogP contribution >= 0.6 is 0 Å². The molecule has 1 rings (SSSR count). The molecule has 7 nitrogen and oxygen atoms in total. The van der Waals surface area contributed by atoms with Crippen LogP contribution in [-0.4, -0.2) is 34.0 Å². The van der Waals surface area contributed by atoms with E-state index in [0.29, 0.717) is 25.4 Å². The molecule has 1 aromatic heterocycles. The van der Waals surface area contributed by atoms with Crippen molar-refractivity contribution < 1.29 is 19.2 Å². The van der Waals surface area contributed by atoms with Gasteiger partial charge in [-0.15, -0.1) is 0 Å². The molecule has 0 aliphatic rings. The number of carboxylic acid groups (broad SMARTS) is 1. The fraction of sp³-hybridized carbons (Fsp3) is 0.545. The van der Waals surface area contributed by atoms with Crippen molar-refractivity contribution in [1.29, 1.82) is 0 Å². The second-order valence-electron chi connectivity index (χ2n) is 4.06. The van der Waals surface area contributed by atoms with Gasteiger partial charge in [0.25, 0.3) is 0 Å². The smallest absolute Gasteiger partial charge is 0.433 e. The Morgan fingerprint density at radius 3 is 2.72 bits per heavy atom. The van der Waals surface area contributed by atoms with E-state index in [9.17, 15) is 14.9 Å². The molecule has 0 saturated heterocycles. The van der Waals surface area contributed by atoms with Gasteiger partial charge in [-0.1, -0.05) is 13.8 Å². The van der Waals surface area contributed by atoms with E-state index in [1.807, 2.05) is 11.8 Å². The maximum absolute atomic E-state index is 10.8. The highest BCUT2D eigenvalue weighted by Crippen LogP contribution is 2.17. The number of carboxylic acids is 1. The highest BCUT2D eigenvalue weighted by atomic mass is 16.6. The number of aliphatic carboxylic acids is 1. The summed E-state index contributed by atoms with van der Waals surface area (Å²) in [6.07, 6.45) is 0. The Bertz CT molecular complexity index is 429. The van der Waals surface area contributed by atoms with Crippen LogP contribution in [0.4, 0.5) is 5.88 Å². The molecule has 100 valence electrons. The van der Waals surface area contributed by atoms with Crippen molar-refractivity contribution in [2.45, 2.75) is 20.4 Å². The van der Waals surface area contributed by atoms with E-state index < -0.39 is 16.8 Å². The number of rotatable bonds is 7. The minimum absolute atomic E-state index is 0.299. The zero-order valence-corrected chi connectivity index (χ0v) is 10.3. The maximum atomic E-state index is 10.8. The maximum Gasteiger partial charge on any atom is 0.433 e. The van der Waals surface area contributed by atoms with Crippen LogP contribution in [-0.2, 0) is 11.3 Å². The highest BCUT2D eigenvalue weighted by molar-refractivity contribution is 5.69. The topological polar surface area (TPSA) is 96.8 Å². The quantitative estimate of drug-likeness (QED) is 0.589. The lowest BCUT2D eigenvalue weighted by Gasteiger charge is -2.20. The first-order valence-corrected chi connectivity index (χ1v) is 5.62. The zero-order chi connectivity index (χ0) is 13.7. The average molecular weight is 256 g/mol. The van der Waals surface area contributed by atoms with Gasteiger partial charge in [-0.2, -0.15) is 0 Å². The molecule has 1 aromatic rings. The van der Waals surface area contributed by atoms with Gasteiger partial charge in [0, 0.05) is 6.54 Å². The second kappa shape index (κ2) is 6.15. The van der Waals surface area contributed by atoms with Crippen LogP contribution < -0.4 is 0 Å². The molecule has 0 aliphatic heterocycles. The fourth-order valence-corrected chi connectivity index (χ4v) is 1.54. The summed E-state index contributed by atoms with van der Waals surface area (Å²) in [5, 5.41) is 19.3. The van der Waals surface area contributed by atoms with E-state index in [1.54, 1.807) is 6.92 Å². The molecule has 0 saturated carbocycles. The fourth-order valence-electron chi connectivity index (χ4n) is 1.54. The Hall–Kier alpha value is -1.89. The first-order chi connectivity index (χ1) is 8.43. The second-order valence-corrected chi connectivity index (χ2v) is 4.06. The summed E-state index contributed by atoms with van der Waals surface area (Å²) < 4.78 is 5.03. The van der Waals surface area contributed by atoms with Gasteiger partial charge in [0.2, 0.25) is 0 Å². The molecule has 0 bridgehead atoms. The number of nitrogens with zero attached hydrogens (tertiary/aromatic N) is 2. The average Bonchev–Trinajstić information content (AvgIpc) is 2.76. The predicted molar refractivity (Wildman–Crippen MR) is 63.1 cm³/mol. The monoisotopic (exact) mass is 256 g/mol. The molecule has 0 aliphatic carbocycles. The SMILES string of the molecule is CCN(Cc1ccc([N+](=O)[O-])o1)CC(C)C(=O)O. The van der Waals surface area contributed by atoms with Crippen molar-refractivity contribution in [3.05, 3.63) is 28.0 Å². The summed E-state index contributed by atoms with van der Waals surface area (Å²) in [4.78, 5) is 22.5. The van der Waals surface area contributed by atoms with Gasteiger partial charge in [0.15, 0.2) is 0 Å². The van der Waals surface area contributed by atoms with Gasteiger partial charge in [-0.3, -0.25) is 19.8 Å². The number of hydrogen-bond donors (Lipinski definition) is 1. The van der Waals surface area contributed by atoms with Crippen LogP contribution in [0, 0.1) is 16.0 Å². The molecule has 1 unspecified atom stereocenters. The van der Waals surface area contributed by atoms with Crippen molar-refractivity contribution in [2.24, 2.45) is 5.92 Å². The van der Waals surface area contributed by atoms with E-state index >= 15 is 0 Å². The molecular weight excluding hydrogens is 240 g/mol. The number of hydrogen-bond acceptors (Lipinski definition) is 5. The molecule has 0 amide bonds. The normalized spacial score (nSPS) is 12.6. The Morgan fingerprint density at radius 2 is 2.28 bits per heavy atom. The molecule has 18 heavy (non-hydrogen) atoms. The third kappa shape index (κ3) is 3.85. The first kappa shape index (κ1) is 14.2. The van der Waals surface area contributed by atoms with Crippen LogP contribution in [0.3, 0.4) is 0 Å². The summed E-state index contributed by atoms with van der Waals surface area (Å²) >= 11 is 0. The van der Waals surface area contributed by atoms with Crippen LogP contribution in [0.5, 0.6) is 0 Å². The van der Waals surface area contributed by atoms with Crippen LogP contribution in [0.15, 0.2) is 16.5 Å². The van der Waals surface area contributed by atoms with Gasteiger partial charge in [0.05, 0.1) is 18.5 Å². The van der Waals surface area contributed by atoms with E-state index in [4.69, 9.17) is 9.52 Å². The molecule has 7 heteroatoms. The van der Waals surface area contributed by atoms with Crippen molar-refractivity contribution in [3.63, 3.8) is 0 Å². The minimum atomic E-state index is -0.862. The Kier molecular flexibility index (Phi) is 4.85.